The summed E-state index contributed by atoms with van der Waals surface area (Å²) in [5, 5.41) is 18.0. The maximum absolute atomic E-state index is 9.27. The number of rotatable bonds is 1. The normalized spacial score (nSPS) is 38.3. The van der Waals surface area contributed by atoms with Gasteiger partial charge in [0, 0.05) is 8.22 Å². The summed E-state index contributed by atoms with van der Waals surface area (Å²) >= 11 is 0. The Morgan fingerprint density at radius 3 is 2.50 bits per heavy atom. The van der Waals surface area contributed by atoms with Crippen LogP contribution in [0.25, 0.3) is 0 Å². The first kappa shape index (κ1) is 0.858. The maximum Gasteiger partial charge on any atom is 0.0821 e. The fourth-order valence-corrected chi connectivity index (χ4v) is 0. The molecule has 0 saturated carbocycles. The molecule has 0 aromatic heterocycles. The summed E-state index contributed by atoms with van der Waals surface area (Å²) in [6.45, 7) is -10.9. The van der Waals surface area contributed by atoms with Gasteiger partial charge in [-0.05, 0) is 13.7 Å². The second kappa shape index (κ2) is 1.58. The Morgan fingerprint density at radius 2 is 2.50 bits per heavy atom. The average molecular weight is 98.2 g/mol. The van der Waals surface area contributed by atoms with Crippen molar-refractivity contribution in [2.24, 2.45) is 0 Å². The molecule has 2 nitrogen and oxygen atoms in total. The first-order valence-electron chi connectivity index (χ1n) is 5.20. The predicted molar refractivity (Wildman–Crippen MR) is 23.4 cm³/mol. The van der Waals surface area contributed by atoms with E-state index in [0.29, 0.717) is 0 Å². The van der Waals surface area contributed by atoms with E-state index in [1.807, 2.05) is 0 Å². The molecule has 2 N–H and O–H groups in total. The summed E-state index contributed by atoms with van der Waals surface area (Å²) < 4.78 is 53.6. The van der Waals surface area contributed by atoms with Crippen molar-refractivity contribution in [3.05, 3.63) is 0 Å². The maximum atomic E-state index is 9.27. The third-order valence-corrected chi connectivity index (χ3v) is 0.162. The van der Waals surface area contributed by atoms with Gasteiger partial charge < -0.3 is 10.2 Å². The molecule has 0 aromatic rings. The van der Waals surface area contributed by atoms with Gasteiger partial charge in [-0.2, -0.15) is 0 Å². The van der Waals surface area contributed by atoms with E-state index in [9.17, 15) is 5.11 Å². The molecule has 6 heavy (non-hydrogen) atoms. The lowest BCUT2D eigenvalue weighted by Crippen LogP contribution is -2.23. The number of aliphatic hydroxyl groups is 2. The van der Waals surface area contributed by atoms with Gasteiger partial charge in [0.25, 0.3) is 0 Å². The van der Waals surface area contributed by atoms with Crippen molar-refractivity contribution in [3.63, 3.8) is 0 Å². The van der Waals surface area contributed by atoms with Gasteiger partial charge in [-0.25, -0.2) is 0 Å². The quantitative estimate of drug-likeness (QED) is 0.475. The largest absolute Gasteiger partial charge is 0.393 e. The summed E-state index contributed by atoms with van der Waals surface area (Å²) in [7, 11) is 0. The van der Waals surface area contributed by atoms with Crippen LogP contribution in [0.2, 0.25) is 0 Å². The second-order valence-corrected chi connectivity index (χ2v) is 0.822. The van der Waals surface area contributed by atoms with E-state index < -0.39 is 25.9 Å². The molecule has 0 heterocycles. The van der Waals surface area contributed by atoms with Crippen LogP contribution in [0.3, 0.4) is 0 Å². The van der Waals surface area contributed by atoms with E-state index in [4.69, 9.17) is 16.1 Å². The molecule has 0 radical (unpaired) electrons. The molecule has 0 rings (SSSR count). The molecule has 0 amide bonds. The smallest absolute Gasteiger partial charge is 0.0821 e. The number of hydrogen-bond donors (Lipinski definition) is 2. The molecular formula is C4H10O2. The van der Waals surface area contributed by atoms with Gasteiger partial charge in [-0.15, -0.1) is 0 Å². The summed E-state index contributed by atoms with van der Waals surface area (Å²) in [6.07, 6.45) is 0. The molecule has 0 saturated heterocycles. The van der Waals surface area contributed by atoms with E-state index in [0.717, 1.165) is 0 Å². The average Bonchev–Trinajstić information content (AvgIpc) is 1.77. The molecule has 0 unspecified atom stereocenters. The molecule has 0 aliphatic carbocycles. The van der Waals surface area contributed by atoms with Crippen LogP contribution in [-0.4, -0.2) is 22.4 Å². The van der Waals surface area contributed by atoms with Crippen LogP contribution >= 0.6 is 0 Å². The molecule has 0 bridgehead atoms. The van der Waals surface area contributed by atoms with Crippen molar-refractivity contribution in [1.29, 1.82) is 0 Å². The van der Waals surface area contributed by atoms with Crippen LogP contribution in [0.15, 0.2) is 0 Å². The van der Waals surface area contributed by atoms with Gasteiger partial charge in [-0.1, -0.05) is 0 Å². The lowest BCUT2D eigenvalue weighted by atomic mass is 10.2. The minimum Gasteiger partial charge on any atom is -0.393 e. The fourth-order valence-electron chi connectivity index (χ4n) is 0. The molecule has 0 atom stereocenters. The molecule has 0 aliphatic rings. The molecule has 0 fully saturated rings. The Morgan fingerprint density at radius 1 is 2.00 bits per heavy atom. The van der Waals surface area contributed by atoms with Crippen molar-refractivity contribution in [2.45, 2.75) is 19.3 Å². The van der Waals surface area contributed by atoms with Crippen LogP contribution in [0.5, 0.6) is 0 Å². The van der Waals surface area contributed by atoms with Crippen LogP contribution in [0, 0.1) is 0 Å². The van der Waals surface area contributed by atoms with Crippen molar-refractivity contribution in [1.82, 2.24) is 0 Å². The van der Waals surface area contributed by atoms with Gasteiger partial charge in [0.1, 0.15) is 0 Å². The Kier molecular flexibility index (Phi) is 0.226. The van der Waals surface area contributed by atoms with E-state index in [-0.39, 0.29) is 0 Å². The Labute approximate surface area is 48.7 Å². The van der Waals surface area contributed by atoms with Crippen LogP contribution in [0.4, 0.5) is 0 Å². The third kappa shape index (κ3) is 3.92. The predicted octanol–water partition coefficient (Wildman–Crippen LogP) is -0.250. The van der Waals surface area contributed by atoms with Gasteiger partial charge in [0.2, 0.25) is 0 Å². The summed E-state index contributed by atoms with van der Waals surface area (Å²) in [5.41, 5.74) is -3.80. The van der Waals surface area contributed by atoms with Gasteiger partial charge >= 0.3 is 0 Å². The van der Waals surface area contributed by atoms with Crippen molar-refractivity contribution in [3.8, 4) is 0 Å². The molecule has 0 aliphatic heterocycles. The minimum absolute atomic E-state index is 3.56. The highest BCUT2D eigenvalue weighted by Gasteiger charge is 2.07. The number of hydrogen-bond acceptors (Lipinski definition) is 2. The second-order valence-electron chi connectivity index (χ2n) is 0.822. The lowest BCUT2D eigenvalue weighted by Gasteiger charge is -2.10. The highest BCUT2D eigenvalue weighted by Crippen LogP contribution is 1.95. The summed E-state index contributed by atoms with van der Waals surface area (Å²) in [6, 6.07) is 0. The van der Waals surface area contributed by atoms with Crippen LogP contribution in [-0.2, 0) is 0 Å². The van der Waals surface area contributed by atoms with Gasteiger partial charge in [0.05, 0.1) is 14.9 Å². The monoisotopic (exact) mass is 98.1 g/mol. The highest BCUT2D eigenvalue weighted by molar-refractivity contribution is 4.59. The Bertz CT molecular complexity index is 173. The molecule has 0 spiro atoms. The van der Waals surface area contributed by atoms with Crippen molar-refractivity contribution < 1.29 is 21.2 Å². The molecule has 38 valence electrons. The molecule has 2 heteroatoms. The van der Waals surface area contributed by atoms with E-state index in [1.54, 1.807) is 0 Å². The zero-order valence-corrected chi connectivity index (χ0v) is 2.89. The van der Waals surface area contributed by atoms with E-state index >= 15 is 0 Å². The van der Waals surface area contributed by atoms with E-state index in [2.05, 4.69) is 0 Å². The molecule has 0 aromatic carbocycles. The van der Waals surface area contributed by atoms with Gasteiger partial charge in [0.15, 0.2) is 0 Å². The lowest BCUT2D eigenvalue weighted by molar-refractivity contribution is 0.0183. The third-order valence-electron chi connectivity index (χ3n) is 0.162. The van der Waals surface area contributed by atoms with Gasteiger partial charge in [-0.3, -0.25) is 0 Å². The minimum atomic E-state index is -3.80. The Hall–Kier alpha value is -0.0800. The standard InChI is InChI=1S/C4H10O2/c1-4(2,6)3-5/h5-6H,3H2,1-2H3/i1D3,2D3,3D2. The van der Waals surface area contributed by atoms with Crippen molar-refractivity contribution >= 4 is 0 Å². The fraction of sp³-hybridized carbons (Fsp3) is 1.00. The molecular weight excluding hydrogens is 80.0 g/mol. The van der Waals surface area contributed by atoms with Crippen molar-refractivity contribution in [2.75, 3.05) is 6.56 Å². The Balaban J connectivity index is 5.54. The summed E-state index contributed by atoms with van der Waals surface area (Å²) in [5.74, 6) is 0. The SMILES string of the molecule is [2H]C([2H])([2H])C(O)(C([2H])([2H])[2H])C([2H])([2H])O. The first-order valence-corrected chi connectivity index (χ1v) is 1.20. The van der Waals surface area contributed by atoms with Crippen LogP contribution < -0.4 is 0 Å². The summed E-state index contributed by atoms with van der Waals surface area (Å²) in [4.78, 5) is 0. The zero-order valence-electron chi connectivity index (χ0n) is 10.9. The topological polar surface area (TPSA) is 40.5 Å². The zero-order chi connectivity index (χ0) is 12.0. The van der Waals surface area contributed by atoms with Crippen LogP contribution in [0.1, 0.15) is 24.7 Å². The van der Waals surface area contributed by atoms with E-state index in [1.165, 1.54) is 0 Å². The first-order chi connectivity index (χ1) is 5.75. The highest BCUT2D eigenvalue weighted by atomic mass is 16.3.